The van der Waals surface area contributed by atoms with Crippen molar-refractivity contribution in [1.29, 1.82) is 0 Å². The van der Waals surface area contributed by atoms with Crippen LogP contribution in [0.25, 0.3) is 15.8 Å². The number of hydrogen-bond donors (Lipinski definition) is 2. The number of thiazole rings is 1. The van der Waals surface area contributed by atoms with Crippen molar-refractivity contribution in [3.05, 3.63) is 53.8 Å². The molecule has 0 radical (unpaired) electrons. The number of methoxy groups -OCH3 is 1. The first-order valence-electron chi connectivity index (χ1n) is 13.1. The van der Waals surface area contributed by atoms with E-state index in [1.165, 1.54) is 11.4 Å². The number of thiophene rings is 1. The lowest BCUT2D eigenvalue weighted by Gasteiger charge is -2.35. The Morgan fingerprint density at radius 2 is 2.02 bits per heavy atom. The molecule has 0 aromatic carbocycles. The first kappa shape index (κ1) is 30.9. The Labute approximate surface area is 248 Å². The first-order valence-corrected chi connectivity index (χ1v) is 16.2. The summed E-state index contributed by atoms with van der Waals surface area (Å²) in [6, 6.07) is 0.0706. The van der Waals surface area contributed by atoms with Gasteiger partial charge in [0.1, 0.15) is 18.8 Å². The van der Waals surface area contributed by atoms with Crippen LogP contribution in [0, 0.1) is 6.92 Å². The summed E-state index contributed by atoms with van der Waals surface area (Å²) in [5.74, 6) is 0.398. The second kappa shape index (κ2) is 13.8. The van der Waals surface area contributed by atoms with Crippen LogP contribution in [0.1, 0.15) is 25.1 Å². The maximum absolute atomic E-state index is 13.4. The molecule has 4 rings (SSSR count). The van der Waals surface area contributed by atoms with E-state index in [1.807, 2.05) is 31.2 Å². The lowest BCUT2D eigenvalue weighted by Crippen LogP contribution is -2.50. The van der Waals surface area contributed by atoms with Crippen LogP contribution >= 0.6 is 22.7 Å². The molecule has 0 bridgehead atoms. The molecular weight excluding hydrogens is 583 g/mol. The summed E-state index contributed by atoms with van der Waals surface area (Å²) in [6.45, 7) is 12.2. The predicted molar refractivity (Wildman–Crippen MR) is 166 cm³/mol. The van der Waals surface area contributed by atoms with Gasteiger partial charge in [0.05, 0.1) is 15.9 Å². The van der Waals surface area contributed by atoms with Gasteiger partial charge in [0, 0.05) is 56.8 Å². The van der Waals surface area contributed by atoms with E-state index < -0.39 is 10.0 Å². The van der Waals surface area contributed by atoms with Crippen molar-refractivity contribution in [3.8, 4) is 0 Å². The summed E-state index contributed by atoms with van der Waals surface area (Å²) in [6.07, 6.45) is 9.37. The molecule has 2 N–H and O–H groups in total. The zero-order valence-corrected chi connectivity index (χ0v) is 26.0. The van der Waals surface area contributed by atoms with Gasteiger partial charge in [-0.05, 0) is 26.3 Å². The van der Waals surface area contributed by atoms with Crippen molar-refractivity contribution < 1.29 is 17.9 Å². The van der Waals surface area contributed by atoms with Crippen LogP contribution in [0.5, 0.6) is 0 Å². The number of ether oxygens (including phenoxy) is 1. The monoisotopic (exact) mass is 617 g/mol. The number of nitrogens with zero attached hydrogens (tertiary/aromatic N) is 5. The van der Waals surface area contributed by atoms with Crippen molar-refractivity contribution in [1.82, 2.24) is 24.2 Å². The minimum atomic E-state index is -3.72. The van der Waals surface area contributed by atoms with Crippen LogP contribution in [0.4, 0.5) is 10.9 Å². The Bertz CT molecular complexity index is 1550. The van der Waals surface area contributed by atoms with E-state index in [1.54, 1.807) is 24.6 Å². The molecule has 0 unspecified atom stereocenters. The fourth-order valence-electron chi connectivity index (χ4n) is 4.52. The van der Waals surface area contributed by atoms with Gasteiger partial charge in [-0.2, -0.15) is 4.31 Å². The lowest BCUT2D eigenvalue weighted by atomic mass is 10.1. The van der Waals surface area contributed by atoms with E-state index in [2.05, 4.69) is 49.4 Å². The van der Waals surface area contributed by atoms with Gasteiger partial charge < -0.3 is 10.1 Å². The minimum absolute atomic E-state index is 0.0706. The zero-order chi connectivity index (χ0) is 29.6. The summed E-state index contributed by atoms with van der Waals surface area (Å²) in [5.41, 5.74) is 3.28. The number of fused-ring (bicyclic) bond motifs is 1. The van der Waals surface area contributed by atoms with Gasteiger partial charge in [0.15, 0.2) is 9.34 Å². The minimum Gasteiger partial charge on any atom is -0.375 e. The molecule has 1 fully saturated rings. The second-order valence-electron chi connectivity index (χ2n) is 9.52. The average molecular weight is 618 g/mol. The number of hydrogen-bond acceptors (Lipinski definition) is 11. The van der Waals surface area contributed by atoms with Gasteiger partial charge in [0.25, 0.3) is 15.9 Å². The molecule has 1 saturated heterocycles. The number of carbonyl (C=O) groups excluding carboxylic acids is 1. The number of piperazine rings is 1. The highest BCUT2D eigenvalue weighted by Crippen LogP contribution is 2.34. The van der Waals surface area contributed by atoms with Gasteiger partial charge in [0.2, 0.25) is 0 Å². The molecule has 1 aliphatic rings. The molecule has 1 atom stereocenters. The summed E-state index contributed by atoms with van der Waals surface area (Å²) < 4.78 is 34.1. The number of amides is 1. The normalized spacial score (nSPS) is 16.3. The quantitative estimate of drug-likeness (QED) is 0.290. The molecule has 0 aliphatic carbocycles. The predicted octanol–water partition coefficient (Wildman–Crippen LogP) is 3.99. The second-order valence-corrected chi connectivity index (χ2v) is 13.5. The van der Waals surface area contributed by atoms with E-state index in [-0.39, 0.29) is 27.9 Å². The molecule has 0 saturated carbocycles. The summed E-state index contributed by atoms with van der Waals surface area (Å²) in [7, 11) is -2.31. The standard InChI is InChI=1S/C27H35N7O4S3/c1-6-8-9-20(7-2)21-16-39-24-23(21)28-17-29-25(24)30-18(3)14-33-10-12-34(13-11-33)41(36,37)26-19(4)31-27(40-26)32-22(35)15-38-5/h6-9,16-18H,2,10-15H2,1,3-5H3,(H,28,29,30)(H,31,32,35)/b8-6-,20-9+/t18-/m0/s1. The number of nitrogens with one attached hydrogen (secondary N) is 2. The fraction of sp³-hybridized carbons (Fsp3) is 0.407. The molecule has 220 valence electrons. The molecule has 0 spiro atoms. The van der Waals surface area contributed by atoms with E-state index in [0.29, 0.717) is 31.9 Å². The number of allylic oxidation sites excluding steroid dienone is 5. The van der Waals surface area contributed by atoms with Crippen LogP contribution in [0.3, 0.4) is 0 Å². The molecule has 1 amide bonds. The van der Waals surface area contributed by atoms with Crippen LogP contribution in [-0.4, -0.2) is 91.0 Å². The van der Waals surface area contributed by atoms with Crippen LogP contribution < -0.4 is 10.6 Å². The van der Waals surface area contributed by atoms with E-state index in [0.717, 1.165) is 45.1 Å². The Balaban J connectivity index is 1.37. The van der Waals surface area contributed by atoms with Crippen molar-refractivity contribution in [2.24, 2.45) is 0 Å². The maximum Gasteiger partial charge on any atom is 0.254 e. The Kier molecular flexibility index (Phi) is 10.4. The summed E-state index contributed by atoms with van der Waals surface area (Å²) >= 11 is 2.56. The number of sulfonamides is 1. The van der Waals surface area contributed by atoms with E-state index in [9.17, 15) is 13.2 Å². The van der Waals surface area contributed by atoms with E-state index in [4.69, 9.17) is 4.74 Å². The van der Waals surface area contributed by atoms with Gasteiger partial charge in [-0.15, -0.1) is 11.3 Å². The number of aromatic nitrogens is 3. The molecule has 41 heavy (non-hydrogen) atoms. The van der Waals surface area contributed by atoms with Crippen molar-refractivity contribution in [2.45, 2.75) is 31.0 Å². The lowest BCUT2D eigenvalue weighted by molar-refractivity contribution is -0.119. The zero-order valence-electron chi connectivity index (χ0n) is 23.6. The smallest absolute Gasteiger partial charge is 0.254 e. The topological polar surface area (TPSA) is 130 Å². The number of aryl methyl sites for hydroxylation is 1. The molecule has 14 heteroatoms. The van der Waals surface area contributed by atoms with Gasteiger partial charge >= 0.3 is 0 Å². The number of carbonyl (C=O) groups is 1. The van der Waals surface area contributed by atoms with Crippen molar-refractivity contribution in [2.75, 3.05) is 57.1 Å². The Morgan fingerprint density at radius 1 is 1.27 bits per heavy atom. The summed E-state index contributed by atoms with van der Waals surface area (Å²) in [4.78, 5) is 27.3. The fourth-order valence-corrected chi connectivity index (χ4v) is 8.49. The number of anilines is 2. The molecule has 3 aromatic heterocycles. The first-order chi connectivity index (χ1) is 19.7. The van der Waals surface area contributed by atoms with Crippen molar-refractivity contribution >= 4 is 65.3 Å². The van der Waals surface area contributed by atoms with Gasteiger partial charge in [-0.3, -0.25) is 15.0 Å². The molecule has 1 aliphatic heterocycles. The maximum atomic E-state index is 13.4. The highest BCUT2D eigenvalue weighted by atomic mass is 32.2. The average Bonchev–Trinajstić information content (AvgIpc) is 3.54. The third-order valence-electron chi connectivity index (χ3n) is 6.45. The molecule has 4 heterocycles. The highest BCUT2D eigenvalue weighted by molar-refractivity contribution is 7.91. The van der Waals surface area contributed by atoms with Crippen LogP contribution in [0.2, 0.25) is 0 Å². The third-order valence-corrected chi connectivity index (χ3v) is 11.0. The van der Waals surface area contributed by atoms with Gasteiger partial charge in [-0.25, -0.2) is 23.4 Å². The Hall–Kier alpha value is -3.01. The van der Waals surface area contributed by atoms with Gasteiger partial charge in [-0.1, -0.05) is 42.2 Å². The Morgan fingerprint density at radius 3 is 2.71 bits per heavy atom. The van der Waals surface area contributed by atoms with E-state index >= 15 is 0 Å². The summed E-state index contributed by atoms with van der Waals surface area (Å²) in [5, 5.41) is 8.43. The molecular formula is C27H35N7O4S3. The largest absolute Gasteiger partial charge is 0.375 e. The van der Waals surface area contributed by atoms with Crippen LogP contribution in [-0.2, 0) is 19.6 Å². The number of rotatable bonds is 12. The van der Waals surface area contributed by atoms with Crippen molar-refractivity contribution in [3.63, 3.8) is 0 Å². The third kappa shape index (κ3) is 7.26. The highest BCUT2D eigenvalue weighted by Gasteiger charge is 2.32. The van der Waals surface area contributed by atoms with Crippen LogP contribution in [0.15, 0.2) is 46.8 Å². The SMILES string of the molecule is C=C/C(=C\C=C/C)c1csc2c(N[C@@H](C)CN3CCN(S(=O)(=O)c4sc(NC(=O)COC)nc4C)CC3)ncnc12. The molecule has 3 aromatic rings. The molecule has 11 nitrogen and oxygen atoms in total.